The Morgan fingerprint density at radius 2 is 1.70 bits per heavy atom. The third-order valence-electron chi connectivity index (χ3n) is 0.733. The van der Waals surface area contributed by atoms with Crippen LogP contribution in [0.15, 0.2) is 30.3 Å². The molecule has 0 aromatic heterocycles. The van der Waals surface area contributed by atoms with Gasteiger partial charge in [-0.3, -0.25) is 4.79 Å². The van der Waals surface area contributed by atoms with Gasteiger partial charge in [-0.05, 0) is 12.1 Å². The van der Waals surface area contributed by atoms with E-state index < -0.39 is 0 Å². The zero-order valence-corrected chi connectivity index (χ0v) is 6.85. The van der Waals surface area contributed by atoms with E-state index in [1.54, 1.807) is 0 Å². The molecule has 0 aliphatic heterocycles. The SMILES string of the molecule is Clc1ccccc1.O=CS. The second-order valence-corrected chi connectivity index (χ2v) is 2.05. The molecular weight excluding hydrogens is 168 g/mol. The Bertz CT molecular complexity index is 176. The fraction of sp³-hybridized carbons (Fsp3) is 0. The van der Waals surface area contributed by atoms with Gasteiger partial charge < -0.3 is 0 Å². The lowest BCUT2D eigenvalue weighted by atomic mass is 10.4. The van der Waals surface area contributed by atoms with Gasteiger partial charge in [0.15, 0.2) is 5.62 Å². The minimum absolute atomic E-state index is 0.444. The molecule has 0 bridgehead atoms. The Hall–Kier alpha value is -0.470. The molecule has 0 aliphatic carbocycles. The van der Waals surface area contributed by atoms with E-state index in [2.05, 4.69) is 12.6 Å². The molecule has 3 heteroatoms. The Morgan fingerprint density at radius 3 is 1.90 bits per heavy atom. The summed E-state index contributed by atoms with van der Waals surface area (Å²) >= 11 is 8.65. The molecule has 10 heavy (non-hydrogen) atoms. The maximum atomic E-state index is 8.67. The van der Waals surface area contributed by atoms with E-state index in [9.17, 15) is 0 Å². The van der Waals surface area contributed by atoms with Crippen molar-refractivity contribution in [3.05, 3.63) is 35.4 Å². The van der Waals surface area contributed by atoms with E-state index in [1.165, 1.54) is 0 Å². The van der Waals surface area contributed by atoms with Crippen LogP contribution in [-0.2, 0) is 4.79 Å². The number of hydrogen-bond donors (Lipinski definition) is 1. The highest BCUT2D eigenvalue weighted by Crippen LogP contribution is 2.03. The van der Waals surface area contributed by atoms with Crippen molar-refractivity contribution in [2.75, 3.05) is 0 Å². The summed E-state index contributed by atoms with van der Waals surface area (Å²) in [6.45, 7) is 0. The molecule has 0 amide bonds. The summed E-state index contributed by atoms with van der Waals surface area (Å²) in [5, 5.41) is 0.794. The predicted octanol–water partition coefficient (Wildman–Crippen LogP) is 2.45. The average Bonchev–Trinajstić information content (AvgIpc) is 1.91. The smallest absolute Gasteiger partial charge is 0.173 e. The molecule has 1 aromatic rings. The van der Waals surface area contributed by atoms with Gasteiger partial charge in [-0.2, -0.15) is 0 Å². The quantitative estimate of drug-likeness (QED) is 0.472. The van der Waals surface area contributed by atoms with Crippen molar-refractivity contribution in [3.63, 3.8) is 0 Å². The lowest BCUT2D eigenvalue weighted by Crippen LogP contribution is -1.55. The highest BCUT2D eigenvalue weighted by molar-refractivity contribution is 7.94. The van der Waals surface area contributed by atoms with Crippen LogP contribution in [0.4, 0.5) is 0 Å². The van der Waals surface area contributed by atoms with E-state index in [0.29, 0.717) is 5.62 Å². The molecule has 0 atom stereocenters. The van der Waals surface area contributed by atoms with E-state index in [0.717, 1.165) is 5.02 Å². The zero-order valence-electron chi connectivity index (χ0n) is 5.20. The summed E-state index contributed by atoms with van der Waals surface area (Å²) in [7, 11) is 0. The van der Waals surface area contributed by atoms with Gasteiger partial charge >= 0.3 is 0 Å². The predicted molar refractivity (Wildman–Crippen MR) is 47.2 cm³/mol. The molecule has 0 unspecified atom stereocenters. The van der Waals surface area contributed by atoms with E-state index in [-0.39, 0.29) is 0 Å². The maximum absolute atomic E-state index is 8.67. The van der Waals surface area contributed by atoms with Crippen LogP contribution in [0.2, 0.25) is 5.02 Å². The number of thiol groups is 1. The largest absolute Gasteiger partial charge is 0.291 e. The van der Waals surface area contributed by atoms with E-state index in [1.807, 2.05) is 30.3 Å². The Morgan fingerprint density at radius 1 is 1.30 bits per heavy atom. The molecule has 0 aliphatic rings. The van der Waals surface area contributed by atoms with Crippen LogP contribution in [0.25, 0.3) is 0 Å². The topological polar surface area (TPSA) is 17.1 Å². The molecule has 1 rings (SSSR count). The second-order valence-electron chi connectivity index (χ2n) is 1.40. The van der Waals surface area contributed by atoms with Gasteiger partial charge in [-0.25, -0.2) is 0 Å². The Balaban J connectivity index is 0.000000236. The van der Waals surface area contributed by atoms with Crippen molar-refractivity contribution >= 4 is 29.8 Å². The van der Waals surface area contributed by atoms with Crippen LogP contribution < -0.4 is 0 Å². The fourth-order valence-corrected chi connectivity index (χ4v) is 0.560. The number of benzene rings is 1. The molecule has 54 valence electrons. The van der Waals surface area contributed by atoms with Gasteiger partial charge in [-0.15, -0.1) is 12.6 Å². The Kier molecular flexibility index (Phi) is 6.33. The first-order valence-electron chi connectivity index (χ1n) is 2.59. The minimum atomic E-state index is 0.444. The van der Waals surface area contributed by atoms with Crippen LogP contribution in [0.3, 0.4) is 0 Å². The molecule has 0 N–H and O–H groups in total. The highest BCUT2D eigenvalue weighted by Gasteiger charge is 1.74. The standard InChI is InChI=1S/C6H5Cl.CH2OS/c7-6-4-2-1-3-5-6;2-1-3/h1-5H;1H,(H,2,3). The first-order valence-corrected chi connectivity index (χ1v) is 3.49. The lowest BCUT2D eigenvalue weighted by molar-refractivity contribution is 0.570. The van der Waals surface area contributed by atoms with Gasteiger partial charge in [0.1, 0.15) is 0 Å². The number of carbonyl (C=O) groups excluding carboxylic acids is 1. The Labute approximate surface area is 70.4 Å². The molecule has 1 nitrogen and oxygen atoms in total. The van der Waals surface area contributed by atoms with Crippen molar-refractivity contribution in [1.29, 1.82) is 0 Å². The van der Waals surface area contributed by atoms with Crippen molar-refractivity contribution in [2.45, 2.75) is 0 Å². The molecule has 0 radical (unpaired) electrons. The van der Waals surface area contributed by atoms with Gasteiger partial charge in [0.25, 0.3) is 0 Å². The van der Waals surface area contributed by atoms with Gasteiger partial charge in [-0.1, -0.05) is 29.8 Å². The van der Waals surface area contributed by atoms with E-state index >= 15 is 0 Å². The molecule has 1 aromatic carbocycles. The summed E-state index contributed by atoms with van der Waals surface area (Å²) in [6.07, 6.45) is 0. The number of halogens is 1. The van der Waals surface area contributed by atoms with Gasteiger partial charge in [0, 0.05) is 5.02 Å². The monoisotopic (exact) mass is 174 g/mol. The number of carbonyl (C=O) groups is 1. The fourth-order valence-electron chi connectivity index (χ4n) is 0.415. The maximum Gasteiger partial charge on any atom is 0.173 e. The summed E-state index contributed by atoms with van der Waals surface area (Å²) in [5.41, 5.74) is 0.444. The summed E-state index contributed by atoms with van der Waals surface area (Å²) in [6, 6.07) is 9.44. The second kappa shape index (κ2) is 6.65. The zero-order chi connectivity index (χ0) is 7.82. The van der Waals surface area contributed by atoms with Crippen LogP contribution in [0, 0.1) is 0 Å². The molecular formula is C7H7ClOS. The van der Waals surface area contributed by atoms with Crippen molar-refractivity contribution in [3.8, 4) is 0 Å². The van der Waals surface area contributed by atoms with Crippen LogP contribution >= 0.6 is 24.2 Å². The minimum Gasteiger partial charge on any atom is -0.291 e. The third-order valence-corrected chi connectivity index (χ3v) is 0.985. The molecule has 0 saturated carbocycles. The first-order chi connectivity index (χ1) is 4.81. The molecule has 0 spiro atoms. The number of hydrogen-bond acceptors (Lipinski definition) is 1. The van der Waals surface area contributed by atoms with Crippen LogP contribution in [0.5, 0.6) is 0 Å². The third kappa shape index (κ3) is 5.66. The first kappa shape index (κ1) is 9.53. The molecule has 0 saturated heterocycles. The number of rotatable bonds is 0. The molecule has 0 heterocycles. The van der Waals surface area contributed by atoms with Crippen molar-refractivity contribution in [1.82, 2.24) is 0 Å². The average molecular weight is 175 g/mol. The highest BCUT2D eigenvalue weighted by atomic mass is 35.5. The van der Waals surface area contributed by atoms with Crippen molar-refractivity contribution < 1.29 is 4.79 Å². The van der Waals surface area contributed by atoms with E-state index in [4.69, 9.17) is 16.4 Å². The lowest BCUT2D eigenvalue weighted by Gasteiger charge is -1.80. The van der Waals surface area contributed by atoms with Crippen molar-refractivity contribution in [2.24, 2.45) is 0 Å². The summed E-state index contributed by atoms with van der Waals surface area (Å²) in [4.78, 5) is 8.67. The molecule has 0 fully saturated rings. The summed E-state index contributed by atoms with van der Waals surface area (Å²) < 4.78 is 0. The summed E-state index contributed by atoms with van der Waals surface area (Å²) in [5.74, 6) is 0. The van der Waals surface area contributed by atoms with Gasteiger partial charge in [0.2, 0.25) is 0 Å². The van der Waals surface area contributed by atoms with Crippen LogP contribution in [0.1, 0.15) is 0 Å². The van der Waals surface area contributed by atoms with Gasteiger partial charge in [0.05, 0.1) is 0 Å². The van der Waals surface area contributed by atoms with Crippen LogP contribution in [-0.4, -0.2) is 5.62 Å². The normalized spacial score (nSPS) is 7.40.